The summed E-state index contributed by atoms with van der Waals surface area (Å²) in [4.78, 5) is 37.2. The van der Waals surface area contributed by atoms with E-state index >= 15 is 0 Å². The largest absolute Gasteiger partial charge is 0.497 e. The number of cyclic esters (lactones) is 1. The fourth-order valence-electron chi connectivity index (χ4n) is 8.20. The standard InChI is InChI=1S/C43H55N5O8/c1-28-22-32-12-9-29(2)37(20-19-35-24-36(25-41(50)55-35)54-27-30-10-17-34(53-3)18-11-30)42(32)39(23-28)56-43(51)44-33-15-13-31(14-16-33)38-26-48(47-45-38)21-7-5-4-6-8-40(49)46-52/h9-18,22,26,28-29,35-37,39,42,52H,4-8,19-21,23-25,27H2,1-3H3,(H,44,51)(H,46,49)/t28-,29-,35+,36+,37-,39-,42-/m0/s1. The van der Waals surface area contributed by atoms with E-state index in [0.29, 0.717) is 38.1 Å². The van der Waals surface area contributed by atoms with E-state index in [4.69, 9.17) is 24.2 Å². The molecule has 2 aromatic carbocycles. The normalized spacial score (nSPS) is 24.4. The maximum Gasteiger partial charge on any atom is 0.411 e. The van der Waals surface area contributed by atoms with Gasteiger partial charge in [0.15, 0.2) is 0 Å². The Kier molecular flexibility index (Phi) is 14.3. The number of aryl methyl sites for hydroxylation is 1. The van der Waals surface area contributed by atoms with E-state index in [1.165, 1.54) is 5.57 Å². The predicted octanol–water partition coefficient (Wildman–Crippen LogP) is 7.80. The summed E-state index contributed by atoms with van der Waals surface area (Å²) >= 11 is 0. The lowest BCUT2D eigenvalue weighted by Gasteiger charge is -2.43. The van der Waals surface area contributed by atoms with Gasteiger partial charge in [-0.25, -0.2) is 10.3 Å². The Morgan fingerprint density at radius 3 is 2.55 bits per heavy atom. The number of nitrogens with one attached hydrogen (secondary N) is 2. The predicted molar refractivity (Wildman–Crippen MR) is 209 cm³/mol. The van der Waals surface area contributed by atoms with Gasteiger partial charge in [-0.3, -0.25) is 24.8 Å². The van der Waals surface area contributed by atoms with Crippen molar-refractivity contribution in [2.24, 2.45) is 23.7 Å². The first-order chi connectivity index (χ1) is 27.2. The van der Waals surface area contributed by atoms with Crippen molar-refractivity contribution < 1.29 is 38.5 Å². The maximum atomic E-state index is 13.4. The van der Waals surface area contributed by atoms with Crippen LogP contribution in [0.5, 0.6) is 5.75 Å². The zero-order chi connectivity index (χ0) is 39.4. The third kappa shape index (κ3) is 11.3. The van der Waals surface area contributed by atoms with Crippen LogP contribution in [0.25, 0.3) is 11.3 Å². The summed E-state index contributed by atoms with van der Waals surface area (Å²) < 4.78 is 25.3. The molecule has 1 aliphatic heterocycles. The van der Waals surface area contributed by atoms with Crippen molar-refractivity contribution in [3.05, 3.63) is 84.1 Å². The van der Waals surface area contributed by atoms with E-state index in [2.05, 4.69) is 47.7 Å². The lowest BCUT2D eigenvalue weighted by atomic mass is 9.65. The summed E-state index contributed by atoms with van der Waals surface area (Å²) in [5.41, 5.74) is 6.12. The van der Waals surface area contributed by atoms with Gasteiger partial charge in [0, 0.05) is 36.6 Å². The summed E-state index contributed by atoms with van der Waals surface area (Å²) in [5.74, 6) is 0.971. The van der Waals surface area contributed by atoms with Crippen LogP contribution in [0.1, 0.15) is 83.6 Å². The minimum atomic E-state index is -0.488. The highest BCUT2D eigenvalue weighted by atomic mass is 16.6. The number of nitrogens with zero attached hydrogens (tertiary/aromatic N) is 3. The van der Waals surface area contributed by atoms with Crippen LogP contribution in [0.4, 0.5) is 10.5 Å². The molecule has 0 unspecified atom stereocenters. The van der Waals surface area contributed by atoms with Gasteiger partial charge in [0.05, 0.1) is 32.4 Å². The van der Waals surface area contributed by atoms with Crippen LogP contribution in [-0.4, -0.2) is 63.6 Å². The van der Waals surface area contributed by atoms with Gasteiger partial charge in [-0.05, 0) is 85.3 Å². The van der Waals surface area contributed by atoms with Crippen LogP contribution in [0.2, 0.25) is 0 Å². The van der Waals surface area contributed by atoms with Gasteiger partial charge in [-0.2, -0.15) is 0 Å². The van der Waals surface area contributed by atoms with Crippen LogP contribution in [0.15, 0.2) is 78.5 Å². The first-order valence-corrected chi connectivity index (χ1v) is 19.9. The van der Waals surface area contributed by atoms with Crippen LogP contribution in [-0.2, 0) is 37.0 Å². The second-order valence-corrected chi connectivity index (χ2v) is 15.4. The Morgan fingerprint density at radius 2 is 1.79 bits per heavy atom. The molecule has 2 aliphatic carbocycles. The zero-order valence-electron chi connectivity index (χ0n) is 32.6. The molecule has 0 bridgehead atoms. The molecular weight excluding hydrogens is 714 g/mol. The molecule has 0 spiro atoms. The molecule has 2 heterocycles. The van der Waals surface area contributed by atoms with Gasteiger partial charge in [0.1, 0.15) is 23.7 Å². The van der Waals surface area contributed by atoms with Crippen molar-refractivity contribution in [1.29, 1.82) is 0 Å². The quantitative estimate of drug-likeness (QED) is 0.0534. The number of ether oxygens (including phenoxy) is 4. The number of hydrogen-bond acceptors (Lipinski definition) is 10. The minimum absolute atomic E-state index is 0.0381. The van der Waals surface area contributed by atoms with Crippen molar-refractivity contribution in [2.75, 3.05) is 12.4 Å². The van der Waals surface area contributed by atoms with Crippen molar-refractivity contribution in [3.8, 4) is 17.0 Å². The maximum absolute atomic E-state index is 13.4. The number of benzene rings is 2. The van der Waals surface area contributed by atoms with E-state index in [0.717, 1.165) is 61.1 Å². The van der Waals surface area contributed by atoms with Gasteiger partial charge in [-0.15, -0.1) is 5.10 Å². The number of fused-ring (bicyclic) bond motifs is 1. The average Bonchev–Trinajstić information content (AvgIpc) is 3.67. The second-order valence-electron chi connectivity index (χ2n) is 15.4. The molecule has 300 valence electrons. The van der Waals surface area contributed by atoms with E-state index in [1.807, 2.05) is 54.7 Å². The van der Waals surface area contributed by atoms with Crippen LogP contribution < -0.4 is 15.5 Å². The fraction of sp³-hybridized carbons (Fsp3) is 0.512. The van der Waals surface area contributed by atoms with Gasteiger partial charge in [0.25, 0.3) is 0 Å². The second kappa shape index (κ2) is 19.7. The summed E-state index contributed by atoms with van der Waals surface area (Å²) in [6, 6.07) is 15.2. The molecule has 1 fully saturated rings. The van der Waals surface area contributed by atoms with E-state index in [-0.39, 0.29) is 60.3 Å². The average molecular weight is 770 g/mol. The van der Waals surface area contributed by atoms with Gasteiger partial charge in [0.2, 0.25) is 5.91 Å². The third-order valence-electron chi connectivity index (χ3n) is 11.2. The molecule has 0 saturated carbocycles. The number of carbonyl (C=O) groups excluding carboxylic acids is 3. The Bertz CT molecular complexity index is 1820. The van der Waals surface area contributed by atoms with Crippen LogP contribution in [0.3, 0.4) is 0 Å². The summed E-state index contributed by atoms with van der Waals surface area (Å²) in [7, 11) is 1.64. The number of esters is 1. The minimum Gasteiger partial charge on any atom is -0.497 e. The molecule has 3 N–H and O–H groups in total. The highest BCUT2D eigenvalue weighted by Crippen LogP contribution is 2.45. The summed E-state index contributed by atoms with van der Waals surface area (Å²) in [6.45, 7) is 5.50. The number of aromatic nitrogens is 3. The highest BCUT2D eigenvalue weighted by Gasteiger charge is 2.42. The molecule has 2 amide bonds. The zero-order valence-corrected chi connectivity index (χ0v) is 32.6. The molecule has 13 heteroatoms. The Morgan fingerprint density at radius 1 is 1.00 bits per heavy atom. The van der Waals surface area contributed by atoms with Gasteiger partial charge < -0.3 is 18.9 Å². The summed E-state index contributed by atoms with van der Waals surface area (Å²) in [6.07, 6.45) is 14.4. The summed E-state index contributed by atoms with van der Waals surface area (Å²) in [5, 5.41) is 20.1. The smallest absolute Gasteiger partial charge is 0.411 e. The number of amides is 2. The molecule has 1 aromatic heterocycles. The first kappa shape index (κ1) is 40.6. The fourth-order valence-corrected chi connectivity index (χ4v) is 8.20. The van der Waals surface area contributed by atoms with E-state index < -0.39 is 6.09 Å². The molecule has 3 aromatic rings. The van der Waals surface area contributed by atoms with E-state index in [9.17, 15) is 14.4 Å². The number of methoxy groups -OCH3 is 1. The van der Waals surface area contributed by atoms with Crippen molar-refractivity contribution >= 4 is 23.7 Å². The number of anilines is 1. The molecule has 56 heavy (non-hydrogen) atoms. The van der Waals surface area contributed by atoms with Gasteiger partial charge in [-0.1, -0.05) is 74.4 Å². The number of carbonyl (C=O) groups is 3. The van der Waals surface area contributed by atoms with Crippen molar-refractivity contribution in [1.82, 2.24) is 20.5 Å². The number of hydroxylamine groups is 1. The Labute approximate surface area is 328 Å². The molecule has 3 aliphatic rings. The van der Waals surface area contributed by atoms with E-state index in [1.54, 1.807) is 17.3 Å². The van der Waals surface area contributed by atoms with Gasteiger partial charge >= 0.3 is 12.1 Å². The lowest BCUT2D eigenvalue weighted by molar-refractivity contribution is -0.164. The SMILES string of the molecule is COc1ccc(CO[C@H]2CC(=O)O[C@H](CC[C@@H]3[C@@H]4C(=C[C@H](C)C[C@@H]4OC(=O)Nc4ccc(-c5cn(CCCCCCC(=O)NO)nn5)cc4)C=C[C@@H]3C)C2)cc1. The van der Waals surface area contributed by atoms with Crippen LogP contribution >= 0.6 is 0 Å². The monoisotopic (exact) mass is 769 g/mol. The lowest BCUT2D eigenvalue weighted by Crippen LogP contribution is -2.42. The third-order valence-corrected chi connectivity index (χ3v) is 11.2. The molecule has 7 atom stereocenters. The van der Waals surface area contributed by atoms with Crippen molar-refractivity contribution in [3.63, 3.8) is 0 Å². The molecular formula is C43H55N5O8. The molecule has 0 radical (unpaired) electrons. The number of allylic oxidation sites excluding steroid dienone is 3. The highest BCUT2D eigenvalue weighted by molar-refractivity contribution is 5.85. The first-order valence-electron chi connectivity index (χ1n) is 19.9. The molecule has 1 saturated heterocycles. The number of unbranched alkanes of at least 4 members (excludes halogenated alkanes) is 3. The number of hydrogen-bond donors (Lipinski definition) is 3. The number of rotatable bonds is 17. The topological polar surface area (TPSA) is 163 Å². The Hall–Kier alpha value is -5.01. The van der Waals surface area contributed by atoms with Crippen LogP contribution in [0, 0.1) is 23.7 Å². The van der Waals surface area contributed by atoms with Crippen molar-refractivity contribution in [2.45, 2.75) is 110 Å². The Balaban J connectivity index is 1.000. The molecule has 13 nitrogen and oxygen atoms in total. The molecule has 6 rings (SSSR count).